The van der Waals surface area contributed by atoms with Crippen LogP contribution in [-0.4, -0.2) is 6.54 Å². The average molecular weight is 233 g/mol. The van der Waals surface area contributed by atoms with E-state index in [0.717, 1.165) is 24.3 Å². The van der Waals surface area contributed by atoms with Crippen LogP contribution in [0, 0.1) is 28.6 Å². The van der Waals surface area contributed by atoms with Crippen LogP contribution >= 0.6 is 0 Å². The molecule has 1 heteroatoms. The Hall–Kier alpha value is -0.300. The summed E-state index contributed by atoms with van der Waals surface area (Å²) in [5.74, 6) is 2.75. The maximum Gasteiger partial charge on any atom is 0.0109 e. The molecule has 17 heavy (non-hydrogen) atoms. The Bertz CT molecular complexity index is 355. The first-order valence-electron chi connectivity index (χ1n) is 7.41. The van der Waals surface area contributed by atoms with Crippen molar-refractivity contribution in [3.05, 3.63) is 11.6 Å². The maximum absolute atomic E-state index is 5.81. The van der Waals surface area contributed by atoms with Crippen molar-refractivity contribution in [1.82, 2.24) is 0 Å². The summed E-state index contributed by atoms with van der Waals surface area (Å²) in [5.41, 5.74) is 8.61. The lowest BCUT2D eigenvalue weighted by atomic mass is 9.68. The molecule has 0 aromatic heterocycles. The third-order valence-corrected chi connectivity index (χ3v) is 6.29. The second-order valence-corrected chi connectivity index (χ2v) is 7.47. The van der Waals surface area contributed by atoms with E-state index in [1.807, 2.05) is 0 Å². The molecular weight excluding hydrogens is 206 g/mol. The normalized spacial score (nSPS) is 49.6. The monoisotopic (exact) mass is 233 g/mol. The minimum Gasteiger partial charge on any atom is -0.327 e. The SMILES string of the molecule is CC1(C)CCCC2(C)C(=CCN)C3CCC2C31. The molecule has 0 aromatic rings. The van der Waals surface area contributed by atoms with Crippen LogP contribution in [0.15, 0.2) is 11.6 Å². The average Bonchev–Trinajstić information content (AvgIpc) is 2.74. The van der Waals surface area contributed by atoms with Gasteiger partial charge in [0.1, 0.15) is 0 Å². The Morgan fingerprint density at radius 1 is 1.24 bits per heavy atom. The van der Waals surface area contributed by atoms with Crippen molar-refractivity contribution in [2.75, 3.05) is 6.54 Å². The molecule has 3 rings (SSSR count). The molecule has 4 unspecified atom stereocenters. The molecular formula is C16H27N. The van der Waals surface area contributed by atoms with Crippen LogP contribution < -0.4 is 5.73 Å². The topological polar surface area (TPSA) is 26.0 Å². The van der Waals surface area contributed by atoms with Gasteiger partial charge in [-0.15, -0.1) is 0 Å². The predicted molar refractivity (Wildman–Crippen MR) is 72.6 cm³/mol. The van der Waals surface area contributed by atoms with Gasteiger partial charge in [0, 0.05) is 6.54 Å². The number of hydrogen-bond donors (Lipinski definition) is 1. The first-order chi connectivity index (χ1) is 8.00. The molecule has 0 radical (unpaired) electrons. The highest BCUT2D eigenvalue weighted by atomic mass is 14.7. The smallest absolute Gasteiger partial charge is 0.0109 e. The highest BCUT2D eigenvalue weighted by Crippen LogP contribution is 2.70. The minimum atomic E-state index is 0.501. The zero-order chi connectivity index (χ0) is 12.3. The van der Waals surface area contributed by atoms with Gasteiger partial charge in [-0.1, -0.05) is 38.8 Å². The van der Waals surface area contributed by atoms with E-state index in [4.69, 9.17) is 5.73 Å². The molecule has 0 spiro atoms. The second kappa shape index (κ2) is 3.60. The lowest BCUT2D eigenvalue weighted by Gasteiger charge is -2.36. The fraction of sp³-hybridized carbons (Fsp3) is 0.875. The van der Waals surface area contributed by atoms with Gasteiger partial charge >= 0.3 is 0 Å². The standard InChI is InChI=1S/C16H27N/c1-15(2)8-4-9-16(3)12(7-10-17)11-5-6-13(16)14(11)15/h7,11,13-14H,4-6,8-10,17H2,1-3H3. The molecule has 4 atom stereocenters. The Morgan fingerprint density at radius 2 is 2.00 bits per heavy atom. The van der Waals surface area contributed by atoms with Crippen LogP contribution in [0.2, 0.25) is 0 Å². The maximum atomic E-state index is 5.81. The Morgan fingerprint density at radius 3 is 2.71 bits per heavy atom. The van der Waals surface area contributed by atoms with E-state index in [0.29, 0.717) is 10.8 Å². The number of allylic oxidation sites excluding steroid dienone is 1. The van der Waals surface area contributed by atoms with E-state index < -0.39 is 0 Å². The first kappa shape index (κ1) is 11.8. The minimum absolute atomic E-state index is 0.501. The van der Waals surface area contributed by atoms with Crippen molar-refractivity contribution in [2.45, 2.75) is 52.9 Å². The van der Waals surface area contributed by atoms with E-state index in [1.54, 1.807) is 5.57 Å². The molecule has 3 fully saturated rings. The van der Waals surface area contributed by atoms with Gasteiger partial charge in [-0.3, -0.25) is 0 Å². The van der Waals surface area contributed by atoms with Gasteiger partial charge in [-0.25, -0.2) is 0 Å². The second-order valence-electron chi connectivity index (χ2n) is 7.47. The molecule has 4 bridgehead atoms. The zero-order valence-electron chi connectivity index (χ0n) is 11.6. The number of nitrogens with two attached hydrogens (primary N) is 1. The Balaban J connectivity index is 2.08. The van der Waals surface area contributed by atoms with Gasteiger partial charge in [0.25, 0.3) is 0 Å². The van der Waals surface area contributed by atoms with Gasteiger partial charge < -0.3 is 5.73 Å². The van der Waals surface area contributed by atoms with E-state index in [9.17, 15) is 0 Å². The molecule has 3 aliphatic carbocycles. The van der Waals surface area contributed by atoms with E-state index >= 15 is 0 Å². The van der Waals surface area contributed by atoms with Gasteiger partial charge in [0.05, 0.1) is 0 Å². The fourth-order valence-electron chi connectivity index (χ4n) is 5.71. The zero-order valence-corrected chi connectivity index (χ0v) is 11.6. The molecule has 3 saturated carbocycles. The van der Waals surface area contributed by atoms with Crippen LogP contribution in [-0.2, 0) is 0 Å². The highest BCUT2D eigenvalue weighted by Gasteiger charge is 2.62. The predicted octanol–water partition coefficient (Wildman–Crippen LogP) is 3.74. The molecule has 0 amide bonds. The van der Waals surface area contributed by atoms with Crippen molar-refractivity contribution in [3.63, 3.8) is 0 Å². The quantitative estimate of drug-likeness (QED) is 0.686. The molecule has 0 aromatic carbocycles. The first-order valence-corrected chi connectivity index (χ1v) is 7.41. The van der Waals surface area contributed by atoms with Crippen LogP contribution in [0.25, 0.3) is 0 Å². The van der Waals surface area contributed by atoms with Gasteiger partial charge in [-0.2, -0.15) is 0 Å². The molecule has 0 aliphatic heterocycles. The van der Waals surface area contributed by atoms with Gasteiger partial charge in [0.15, 0.2) is 0 Å². The largest absolute Gasteiger partial charge is 0.327 e. The lowest BCUT2D eigenvalue weighted by molar-refractivity contribution is 0.141. The molecule has 0 saturated heterocycles. The van der Waals surface area contributed by atoms with Crippen LogP contribution in [0.1, 0.15) is 52.9 Å². The van der Waals surface area contributed by atoms with Gasteiger partial charge in [0.2, 0.25) is 0 Å². The van der Waals surface area contributed by atoms with Crippen LogP contribution in [0.3, 0.4) is 0 Å². The summed E-state index contributed by atoms with van der Waals surface area (Å²) in [6.07, 6.45) is 9.51. The van der Waals surface area contributed by atoms with Crippen molar-refractivity contribution >= 4 is 0 Å². The summed E-state index contributed by atoms with van der Waals surface area (Å²) in [6, 6.07) is 0. The van der Waals surface area contributed by atoms with Crippen molar-refractivity contribution in [2.24, 2.45) is 34.3 Å². The summed E-state index contributed by atoms with van der Waals surface area (Å²) in [7, 11) is 0. The Labute approximate surface area is 106 Å². The fourth-order valence-corrected chi connectivity index (χ4v) is 5.71. The van der Waals surface area contributed by atoms with E-state index in [1.165, 1.54) is 32.1 Å². The summed E-state index contributed by atoms with van der Waals surface area (Å²) in [5, 5.41) is 0. The Kier molecular flexibility index (Phi) is 2.49. The van der Waals surface area contributed by atoms with Gasteiger partial charge in [-0.05, 0) is 54.3 Å². The third-order valence-electron chi connectivity index (χ3n) is 6.29. The van der Waals surface area contributed by atoms with Crippen molar-refractivity contribution in [3.8, 4) is 0 Å². The summed E-state index contributed by atoms with van der Waals surface area (Å²) in [4.78, 5) is 0. The van der Waals surface area contributed by atoms with Crippen LogP contribution in [0.5, 0.6) is 0 Å². The van der Waals surface area contributed by atoms with E-state index in [2.05, 4.69) is 26.8 Å². The molecule has 2 N–H and O–H groups in total. The molecule has 1 nitrogen and oxygen atoms in total. The summed E-state index contributed by atoms with van der Waals surface area (Å²) >= 11 is 0. The van der Waals surface area contributed by atoms with Crippen molar-refractivity contribution < 1.29 is 0 Å². The highest BCUT2D eigenvalue weighted by molar-refractivity contribution is 5.31. The van der Waals surface area contributed by atoms with Crippen molar-refractivity contribution in [1.29, 1.82) is 0 Å². The van der Waals surface area contributed by atoms with Crippen LogP contribution in [0.4, 0.5) is 0 Å². The number of rotatable bonds is 1. The van der Waals surface area contributed by atoms with E-state index in [-0.39, 0.29) is 0 Å². The molecule has 96 valence electrons. The number of hydrogen-bond acceptors (Lipinski definition) is 1. The molecule has 3 aliphatic rings. The third kappa shape index (κ3) is 1.41. The molecule has 0 heterocycles. The summed E-state index contributed by atoms with van der Waals surface area (Å²) in [6.45, 7) is 8.30. The summed E-state index contributed by atoms with van der Waals surface area (Å²) < 4.78 is 0. The lowest BCUT2D eigenvalue weighted by Crippen LogP contribution is -2.28.